The average Bonchev–Trinajstić information content (AvgIpc) is 3.04. The number of amides is 2. The van der Waals surface area contributed by atoms with E-state index in [-0.39, 0.29) is 17.7 Å². The van der Waals surface area contributed by atoms with Crippen LogP contribution >= 0.6 is 0 Å². The Bertz CT molecular complexity index is 768. The number of benzene rings is 1. The fraction of sp³-hybridized carbons (Fsp3) is 0.474. The van der Waals surface area contributed by atoms with Gasteiger partial charge in [-0.15, -0.1) is 0 Å². The maximum Gasteiger partial charge on any atom is 0.224 e. The summed E-state index contributed by atoms with van der Waals surface area (Å²) in [6.45, 7) is 3.73. The van der Waals surface area contributed by atoms with E-state index < -0.39 is 0 Å². The number of rotatable bonds is 6. The van der Waals surface area contributed by atoms with Gasteiger partial charge in [0.15, 0.2) is 0 Å². The minimum Gasteiger partial charge on any atom is -0.497 e. The SMILES string of the molecule is CCN1CC(C(=O)NCCc2c[nH]c3ccc(OC)cc23)CCC1=O. The summed E-state index contributed by atoms with van der Waals surface area (Å²) in [7, 11) is 1.65. The van der Waals surface area contributed by atoms with Crippen LogP contribution in [0.3, 0.4) is 0 Å². The predicted octanol–water partition coefficient (Wildman–Crippen LogP) is 2.09. The summed E-state index contributed by atoms with van der Waals surface area (Å²) in [5, 5.41) is 4.14. The van der Waals surface area contributed by atoms with E-state index in [9.17, 15) is 9.59 Å². The molecule has 1 atom stereocenters. The molecular weight excluding hydrogens is 318 g/mol. The van der Waals surface area contributed by atoms with Crippen LogP contribution in [-0.4, -0.2) is 48.4 Å². The molecule has 134 valence electrons. The highest BCUT2D eigenvalue weighted by Gasteiger charge is 2.29. The zero-order valence-corrected chi connectivity index (χ0v) is 14.8. The molecule has 1 aromatic heterocycles. The smallest absolute Gasteiger partial charge is 0.224 e. The minimum atomic E-state index is -0.0966. The molecule has 0 radical (unpaired) electrons. The van der Waals surface area contributed by atoms with Gasteiger partial charge in [-0.05, 0) is 43.5 Å². The first-order valence-corrected chi connectivity index (χ1v) is 8.82. The third-order valence-corrected chi connectivity index (χ3v) is 4.92. The number of carbonyl (C=O) groups excluding carboxylic acids is 2. The lowest BCUT2D eigenvalue weighted by Gasteiger charge is -2.31. The fourth-order valence-electron chi connectivity index (χ4n) is 3.39. The first kappa shape index (κ1) is 17.3. The molecule has 25 heavy (non-hydrogen) atoms. The third-order valence-electron chi connectivity index (χ3n) is 4.92. The number of hydrogen-bond donors (Lipinski definition) is 2. The average molecular weight is 343 g/mol. The maximum absolute atomic E-state index is 12.4. The predicted molar refractivity (Wildman–Crippen MR) is 96.5 cm³/mol. The molecule has 0 saturated carbocycles. The highest BCUT2D eigenvalue weighted by atomic mass is 16.5. The molecule has 6 nitrogen and oxygen atoms in total. The topological polar surface area (TPSA) is 74.4 Å². The number of ether oxygens (including phenoxy) is 1. The van der Waals surface area contributed by atoms with Crippen LogP contribution in [0.5, 0.6) is 5.75 Å². The standard InChI is InChI=1S/C19H25N3O3/c1-3-22-12-14(4-7-18(22)23)19(24)20-9-8-13-11-21-17-6-5-15(25-2)10-16(13)17/h5-6,10-11,14,21H,3-4,7-9,12H2,1-2H3,(H,20,24). The Hall–Kier alpha value is -2.50. The van der Waals surface area contributed by atoms with E-state index in [4.69, 9.17) is 4.74 Å². The van der Waals surface area contributed by atoms with Gasteiger partial charge in [0.1, 0.15) is 5.75 Å². The molecule has 1 aromatic carbocycles. The van der Waals surface area contributed by atoms with E-state index in [1.54, 1.807) is 12.0 Å². The summed E-state index contributed by atoms with van der Waals surface area (Å²) in [4.78, 5) is 29.1. The first-order chi connectivity index (χ1) is 12.1. The number of aromatic nitrogens is 1. The van der Waals surface area contributed by atoms with Crippen molar-refractivity contribution in [3.05, 3.63) is 30.0 Å². The number of fused-ring (bicyclic) bond motifs is 1. The molecule has 0 aliphatic carbocycles. The summed E-state index contributed by atoms with van der Waals surface area (Å²) in [6, 6.07) is 5.93. The number of piperidine rings is 1. The van der Waals surface area contributed by atoms with E-state index in [2.05, 4.69) is 10.3 Å². The van der Waals surface area contributed by atoms with Crippen molar-refractivity contribution < 1.29 is 14.3 Å². The summed E-state index contributed by atoms with van der Waals surface area (Å²) < 4.78 is 5.28. The van der Waals surface area contributed by atoms with Crippen molar-refractivity contribution in [1.82, 2.24) is 15.2 Å². The second-order valence-corrected chi connectivity index (χ2v) is 6.43. The summed E-state index contributed by atoms with van der Waals surface area (Å²) >= 11 is 0. The molecule has 1 aliphatic rings. The Morgan fingerprint density at radius 2 is 2.28 bits per heavy atom. The lowest BCUT2D eigenvalue weighted by Crippen LogP contribution is -2.45. The van der Waals surface area contributed by atoms with Crippen LogP contribution in [0.15, 0.2) is 24.4 Å². The molecule has 2 aromatic rings. The number of H-pyrrole nitrogens is 1. The Morgan fingerprint density at radius 1 is 1.44 bits per heavy atom. The van der Waals surface area contributed by atoms with E-state index in [1.165, 1.54) is 0 Å². The quantitative estimate of drug-likeness (QED) is 0.843. The van der Waals surface area contributed by atoms with Crippen molar-refractivity contribution in [3.63, 3.8) is 0 Å². The maximum atomic E-state index is 12.4. The molecule has 1 saturated heterocycles. The highest BCUT2D eigenvalue weighted by Crippen LogP contribution is 2.24. The van der Waals surface area contributed by atoms with E-state index in [1.807, 2.05) is 31.3 Å². The van der Waals surface area contributed by atoms with Gasteiger partial charge >= 0.3 is 0 Å². The zero-order chi connectivity index (χ0) is 17.8. The number of methoxy groups -OCH3 is 1. The molecule has 1 unspecified atom stereocenters. The Labute approximate surface area is 147 Å². The Kier molecular flexibility index (Phi) is 5.26. The number of carbonyl (C=O) groups is 2. The molecule has 2 N–H and O–H groups in total. The van der Waals surface area contributed by atoms with Gasteiger partial charge in [-0.2, -0.15) is 0 Å². The summed E-state index contributed by atoms with van der Waals surface area (Å²) in [5.74, 6) is 0.923. The Balaban J connectivity index is 1.56. The number of hydrogen-bond acceptors (Lipinski definition) is 3. The molecular formula is C19H25N3O3. The third kappa shape index (κ3) is 3.78. The monoisotopic (exact) mass is 343 g/mol. The van der Waals surface area contributed by atoms with Gasteiger partial charge in [0.2, 0.25) is 11.8 Å². The van der Waals surface area contributed by atoms with Crippen molar-refractivity contribution in [2.45, 2.75) is 26.2 Å². The largest absolute Gasteiger partial charge is 0.497 e. The molecule has 2 amide bonds. The highest BCUT2D eigenvalue weighted by molar-refractivity contribution is 5.85. The van der Waals surface area contributed by atoms with Gasteiger partial charge in [-0.3, -0.25) is 9.59 Å². The van der Waals surface area contributed by atoms with Crippen molar-refractivity contribution in [1.29, 1.82) is 0 Å². The van der Waals surface area contributed by atoms with Gasteiger partial charge in [0.05, 0.1) is 13.0 Å². The lowest BCUT2D eigenvalue weighted by molar-refractivity contribution is -0.138. The molecule has 0 spiro atoms. The first-order valence-electron chi connectivity index (χ1n) is 8.82. The van der Waals surface area contributed by atoms with Gasteiger partial charge in [0, 0.05) is 43.2 Å². The number of aromatic amines is 1. The normalized spacial score (nSPS) is 17.8. The van der Waals surface area contributed by atoms with Crippen molar-refractivity contribution in [2.75, 3.05) is 26.7 Å². The van der Waals surface area contributed by atoms with Gasteiger partial charge in [-0.1, -0.05) is 0 Å². The lowest BCUT2D eigenvalue weighted by atomic mass is 9.96. The van der Waals surface area contributed by atoms with E-state index in [0.717, 1.165) is 28.6 Å². The number of likely N-dealkylation sites (tertiary alicyclic amines) is 1. The second kappa shape index (κ2) is 7.59. The number of nitrogens with one attached hydrogen (secondary N) is 2. The molecule has 2 heterocycles. The van der Waals surface area contributed by atoms with Crippen LogP contribution in [0.4, 0.5) is 0 Å². The molecule has 3 rings (SSSR count). The molecule has 1 fully saturated rings. The van der Waals surface area contributed by atoms with E-state index >= 15 is 0 Å². The van der Waals surface area contributed by atoms with Crippen LogP contribution in [0.25, 0.3) is 10.9 Å². The molecule has 6 heteroatoms. The van der Waals surface area contributed by atoms with Crippen LogP contribution < -0.4 is 10.1 Å². The minimum absolute atomic E-state index is 0.0448. The van der Waals surface area contributed by atoms with Crippen molar-refractivity contribution in [3.8, 4) is 5.75 Å². The number of nitrogens with zero attached hydrogens (tertiary/aromatic N) is 1. The molecule has 1 aliphatic heterocycles. The Morgan fingerprint density at radius 3 is 3.04 bits per heavy atom. The van der Waals surface area contributed by atoms with Gasteiger partial charge in [0.25, 0.3) is 0 Å². The van der Waals surface area contributed by atoms with Crippen molar-refractivity contribution >= 4 is 22.7 Å². The second-order valence-electron chi connectivity index (χ2n) is 6.43. The molecule has 0 bridgehead atoms. The van der Waals surface area contributed by atoms with Gasteiger partial charge < -0.3 is 19.9 Å². The van der Waals surface area contributed by atoms with Crippen LogP contribution in [-0.2, 0) is 16.0 Å². The summed E-state index contributed by atoms with van der Waals surface area (Å²) in [5.41, 5.74) is 2.22. The summed E-state index contributed by atoms with van der Waals surface area (Å²) in [6.07, 6.45) is 3.84. The fourth-order valence-corrected chi connectivity index (χ4v) is 3.39. The zero-order valence-electron chi connectivity index (χ0n) is 14.8. The van der Waals surface area contributed by atoms with E-state index in [0.29, 0.717) is 32.5 Å². The van der Waals surface area contributed by atoms with Gasteiger partial charge in [-0.25, -0.2) is 0 Å². The van der Waals surface area contributed by atoms with Crippen LogP contribution in [0.2, 0.25) is 0 Å². The van der Waals surface area contributed by atoms with Crippen LogP contribution in [0.1, 0.15) is 25.3 Å². The van der Waals surface area contributed by atoms with Crippen molar-refractivity contribution in [2.24, 2.45) is 5.92 Å². The van der Waals surface area contributed by atoms with Crippen LogP contribution in [0, 0.1) is 5.92 Å².